The number of piperazine rings is 1. The van der Waals surface area contributed by atoms with Gasteiger partial charge in [-0.25, -0.2) is 14.8 Å². The maximum absolute atomic E-state index is 13.4. The van der Waals surface area contributed by atoms with Gasteiger partial charge < -0.3 is 29.9 Å². The molecule has 2 saturated heterocycles. The minimum Gasteiger partial charge on any atom is -0.494 e. The molecule has 1 unspecified atom stereocenters. The molecule has 0 bridgehead atoms. The third kappa shape index (κ3) is 5.48. The second-order valence-corrected chi connectivity index (χ2v) is 8.32. The summed E-state index contributed by atoms with van der Waals surface area (Å²) in [5.41, 5.74) is 8.38. The van der Waals surface area contributed by atoms with E-state index < -0.39 is 0 Å². The van der Waals surface area contributed by atoms with Crippen molar-refractivity contribution < 1.29 is 14.3 Å². The van der Waals surface area contributed by atoms with E-state index in [2.05, 4.69) is 27.0 Å². The lowest BCUT2D eigenvalue weighted by Crippen LogP contribution is -2.55. The van der Waals surface area contributed by atoms with Crippen LogP contribution in [0.4, 0.5) is 16.2 Å². The van der Waals surface area contributed by atoms with E-state index in [1.54, 1.807) is 14.0 Å². The third-order valence-corrected chi connectivity index (χ3v) is 6.10. The van der Waals surface area contributed by atoms with Crippen molar-refractivity contribution in [2.24, 2.45) is 15.7 Å². The van der Waals surface area contributed by atoms with Crippen LogP contribution >= 0.6 is 0 Å². The topological polar surface area (TPSA) is 96.0 Å². The van der Waals surface area contributed by atoms with Gasteiger partial charge in [0.15, 0.2) is 0 Å². The Hall–Kier alpha value is -3.59. The minimum atomic E-state index is -0.0507. The Kier molecular flexibility index (Phi) is 7.64. The molecular weight excluding hydrogens is 432 g/mol. The number of morpholine rings is 1. The summed E-state index contributed by atoms with van der Waals surface area (Å²) < 4.78 is 11.2. The van der Waals surface area contributed by atoms with Gasteiger partial charge in [0.05, 0.1) is 32.2 Å². The fraction of sp³-hybridized carbons (Fsp3) is 0.400. The van der Waals surface area contributed by atoms with Crippen LogP contribution in [0.1, 0.15) is 18.5 Å². The van der Waals surface area contributed by atoms with Crippen LogP contribution in [-0.2, 0) is 4.74 Å². The minimum absolute atomic E-state index is 0.0507. The first-order valence-corrected chi connectivity index (χ1v) is 11.5. The van der Waals surface area contributed by atoms with Gasteiger partial charge in [0.2, 0.25) is 0 Å². The summed E-state index contributed by atoms with van der Waals surface area (Å²) in [7, 11) is 1.62. The second-order valence-electron chi connectivity index (χ2n) is 8.32. The molecule has 2 aromatic rings. The van der Waals surface area contributed by atoms with Crippen LogP contribution in [0.3, 0.4) is 0 Å². The zero-order chi connectivity index (χ0) is 23.9. The number of urea groups is 1. The number of methoxy groups -OCH3 is 1. The number of hydrogen-bond acceptors (Lipinski definition) is 5. The quantitative estimate of drug-likeness (QED) is 0.542. The highest BCUT2D eigenvalue weighted by Crippen LogP contribution is 2.32. The number of aliphatic imine (C=N–C) groups is 2. The number of hydrogen-bond donors (Lipinski definition) is 1. The molecule has 0 spiro atoms. The van der Waals surface area contributed by atoms with E-state index in [-0.39, 0.29) is 12.1 Å². The average molecular weight is 465 g/mol. The van der Waals surface area contributed by atoms with Crippen LogP contribution in [0.5, 0.6) is 5.75 Å². The summed E-state index contributed by atoms with van der Waals surface area (Å²) in [6.45, 7) is 6.21. The molecule has 1 atom stereocenters. The highest BCUT2D eigenvalue weighted by molar-refractivity contribution is 5.86. The zero-order valence-electron chi connectivity index (χ0n) is 19.8. The number of anilines is 1. The average Bonchev–Trinajstić information content (AvgIpc) is 2.89. The SMILES string of the molecule is COc1cc(N2CCN(C(=O)N3CCOCC3c3ccccc3)CC2)ccc1N=CN=C(C)N. The highest BCUT2D eigenvalue weighted by atomic mass is 16.5. The van der Waals surface area contributed by atoms with E-state index in [1.165, 1.54) is 6.34 Å². The van der Waals surface area contributed by atoms with Crippen LogP contribution in [0.15, 0.2) is 58.5 Å². The normalized spacial score (nSPS) is 19.5. The first kappa shape index (κ1) is 23.6. The van der Waals surface area contributed by atoms with E-state index >= 15 is 0 Å². The number of carbonyl (C=O) groups excluding carboxylic acids is 1. The summed E-state index contributed by atoms with van der Waals surface area (Å²) in [4.78, 5) is 27.9. The lowest BCUT2D eigenvalue weighted by Gasteiger charge is -2.42. The smallest absolute Gasteiger partial charge is 0.320 e. The Morgan fingerprint density at radius 2 is 1.88 bits per heavy atom. The van der Waals surface area contributed by atoms with E-state index in [0.29, 0.717) is 50.1 Å². The molecule has 4 rings (SSSR count). The summed E-state index contributed by atoms with van der Waals surface area (Å²) in [6, 6.07) is 16.0. The monoisotopic (exact) mass is 464 g/mol. The van der Waals surface area contributed by atoms with Gasteiger partial charge in [0.25, 0.3) is 0 Å². The van der Waals surface area contributed by atoms with Crippen LogP contribution < -0.4 is 15.4 Å². The van der Waals surface area contributed by atoms with Crippen molar-refractivity contribution in [3.05, 3.63) is 54.1 Å². The second kappa shape index (κ2) is 11.0. The van der Waals surface area contributed by atoms with Crippen molar-refractivity contribution in [1.82, 2.24) is 9.80 Å². The molecule has 2 fully saturated rings. The first-order valence-electron chi connectivity index (χ1n) is 11.5. The third-order valence-electron chi connectivity index (χ3n) is 6.10. The van der Waals surface area contributed by atoms with Crippen molar-refractivity contribution in [3.63, 3.8) is 0 Å². The number of amidine groups is 1. The van der Waals surface area contributed by atoms with Crippen molar-refractivity contribution >= 4 is 29.6 Å². The maximum Gasteiger partial charge on any atom is 0.320 e. The largest absolute Gasteiger partial charge is 0.494 e. The zero-order valence-corrected chi connectivity index (χ0v) is 19.8. The van der Waals surface area contributed by atoms with Crippen LogP contribution in [0, 0.1) is 0 Å². The number of carbonyl (C=O) groups is 1. The molecule has 0 saturated carbocycles. The molecule has 34 heavy (non-hydrogen) atoms. The predicted molar refractivity (Wildman–Crippen MR) is 134 cm³/mol. The molecule has 180 valence electrons. The maximum atomic E-state index is 13.4. The number of nitrogens with two attached hydrogens (primary N) is 1. The Labute approximate surface area is 200 Å². The molecule has 9 nitrogen and oxygen atoms in total. The fourth-order valence-corrected chi connectivity index (χ4v) is 4.27. The van der Waals surface area contributed by atoms with Crippen LogP contribution in [0.25, 0.3) is 0 Å². The lowest BCUT2D eigenvalue weighted by atomic mass is 10.1. The molecule has 2 aromatic carbocycles. The summed E-state index contributed by atoms with van der Waals surface area (Å²) in [5.74, 6) is 1.11. The number of rotatable bonds is 5. The molecule has 0 aromatic heterocycles. The van der Waals surface area contributed by atoms with Gasteiger partial charge in [-0.3, -0.25) is 0 Å². The van der Waals surface area contributed by atoms with Gasteiger partial charge in [-0.05, 0) is 24.6 Å². The first-order chi connectivity index (χ1) is 16.6. The van der Waals surface area contributed by atoms with Crippen molar-refractivity contribution in [3.8, 4) is 5.75 Å². The molecule has 2 amide bonds. The predicted octanol–water partition coefficient (Wildman–Crippen LogP) is 3.05. The van der Waals surface area contributed by atoms with E-state index in [1.807, 2.05) is 46.2 Å². The number of nitrogens with zero attached hydrogens (tertiary/aromatic N) is 5. The fourth-order valence-electron chi connectivity index (χ4n) is 4.27. The van der Waals surface area contributed by atoms with Gasteiger partial charge in [0.1, 0.15) is 17.8 Å². The highest BCUT2D eigenvalue weighted by Gasteiger charge is 2.33. The van der Waals surface area contributed by atoms with Gasteiger partial charge in [-0.15, -0.1) is 0 Å². The Morgan fingerprint density at radius 1 is 1.12 bits per heavy atom. The summed E-state index contributed by atoms with van der Waals surface area (Å²) in [5, 5.41) is 0. The molecule has 2 aliphatic heterocycles. The van der Waals surface area contributed by atoms with E-state index in [9.17, 15) is 4.79 Å². The van der Waals surface area contributed by atoms with Crippen molar-refractivity contribution in [2.45, 2.75) is 13.0 Å². The molecule has 2 N–H and O–H groups in total. The standard InChI is InChI=1S/C25H32N6O3/c1-19(26)27-18-28-22-9-8-21(16-24(22)33-2)29-10-12-30(13-11-29)25(32)31-14-15-34-17-23(31)20-6-4-3-5-7-20/h3-9,16,18,23H,10-15,17H2,1-2H3,(H2,26,27,28). The number of benzene rings is 2. The van der Waals surface area contributed by atoms with Crippen molar-refractivity contribution in [1.29, 1.82) is 0 Å². The molecule has 9 heteroatoms. The molecule has 2 heterocycles. The Balaban J connectivity index is 1.40. The van der Waals surface area contributed by atoms with Gasteiger partial charge in [-0.1, -0.05) is 30.3 Å². The van der Waals surface area contributed by atoms with E-state index in [0.717, 1.165) is 24.3 Å². The van der Waals surface area contributed by atoms with E-state index in [4.69, 9.17) is 15.2 Å². The van der Waals surface area contributed by atoms with Crippen molar-refractivity contribution in [2.75, 3.05) is 57.9 Å². The van der Waals surface area contributed by atoms with Gasteiger partial charge in [-0.2, -0.15) is 0 Å². The molecular formula is C25H32N6O3. The summed E-state index contributed by atoms with van der Waals surface area (Å²) >= 11 is 0. The summed E-state index contributed by atoms with van der Waals surface area (Å²) in [6.07, 6.45) is 1.42. The molecule has 0 aliphatic carbocycles. The van der Waals surface area contributed by atoms with Crippen LogP contribution in [-0.4, -0.2) is 81.1 Å². The number of ether oxygens (including phenoxy) is 2. The van der Waals surface area contributed by atoms with Gasteiger partial charge in [0, 0.05) is 44.5 Å². The Bertz CT molecular complexity index is 1030. The van der Waals surface area contributed by atoms with Crippen LogP contribution in [0.2, 0.25) is 0 Å². The Morgan fingerprint density at radius 3 is 2.59 bits per heavy atom. The van der Waals surface area contributed by atoms with Gasteiger partial charge >= 0.3 is 6.03 Å². The molecule has 2 aliphatic rings. The number of amides is 2. The molecule has 0 radical (unpaired) electrons. The lowest BCUT2D eigenvalue weighted by molar-refractivity contribution is 0.00277.